The number of pyridine rings is 1. The summed E-state index contributed by atoms with van der Waals surface area (Å²) in [6.45, 7) is 5.92. The molecule has 6 nitrogen and oxygen atoms in total. The largest absolute Gasteiger partial charge is 0.350 e. The van der Waals surface area contributed by atoms with Crippen LogP contribution >= 0.6 is 12.2 Å². The Labute approximate surface area is 122 Å². The highest BCUT2D eigenvalue weighted by atomic mass is 32.1. The first-order chi connectivity index (χ1) is 9.37. The van der Waals surface area contributed by atoms with Crippen molar-refractivity contribution in [2.24, 2.45) is 0 Å². The lowest BCUT2D eigenvalue weighted by atomic mass is 10.1. The summed E-state index contributed by atoms with van der Waals surface area (Å²) in [6.07, 6.45) is 3.37. The van der Waals surface area contributed by atoms with Gasteiger partial charge in [-0.1, -0.05) is 0 Å². The Morgan fingerprint density at radius 3 is 2.85 bits per heavy atom. The molecule has 2 aromatic rings. The van der Waals surface area contributed by atoms with Crippen LogP contribution in [0.25, 0.3) is 11.4 Å². The molecule has 106 valence electrons. The van der Waals surface area contributed by atoms with Crippen LogP contribution in [0.2, 0.25) is 0 Å². The minimum absolute atomic E-state index is 0.111. The third kappa shape index (κ3) is 3.51. The van der Waals surface area contributed by atoms with E-state index in [0.717, 1.165) is 5.56 Å². The maximum absolute atomic E-state index is 12.0. The molecule has 2 rings (SSSR count). The molecule has 0 fully saturated rings. The molecule has 0 radical (unpaired) electrons. The Morgan fingerprint density at radius 2 is 2.25 bits per heavy atom. The number of aromatic amines is 1. The molecule has 0 aliphatic rings. The Hall–Kier alpha value is -2.02. The predicted molar refractivity (Wildman–Crippen MR) is 78.5 cm³/mol. The molecule has 0 unspecified atom stereocenters. The highest BCUT2D eigenvalue weighted by molar-refractivity contribution is 7.71. The molecule has 0 bridgehead atoms. The zero-order valence-corrected chi connectivity index (χ0v) is 12.5. The van der Waals surface area contributed by atoms with E-state index >= 15 is 0 Å². The summed E-state index contributed by atoms with van der Waals surface area (Å²) in [5.74, 6) is 0.493. The van der Waals surface area contributed by atoms with E-state index in [1.165, 1.54) is 0 Å². The standard InChI is InChI=1S/C13H17N5OS/c1-13(2,3)15-10(19)8-18-11(16-17-12(18)20)9-5-4-6-14-7-9/h4-7H,8H2,1-3H3,(H,15,19)(H,17,20). The van der Waals surface area contributed by atoms with Gasteiger partial charge in [0.25, 0.3) is 0 Å². The Kier molecular flexibility index (Phi) is 3.99. The number of hydrogen-bond donors (Lipinski definition) is 2. The SMILES string of the molecule is CC(C)(C)NC(=O)Cn1c(-c2cccnc2)n[nH]c1=S. The first-order valence-electron chi connectivity index (χ1n) is 6.23. The average molecular weight is 291 g/mol. The van der Waals surface area contributed by atoms with Crippen molar-refractivity contribution < 1.29 is 4.79 Å². The monoisotopic (exact) mass is 291 g/mol. The average Bonchev–Trinajstić information content (AvgIpc) is 2.70. The number of carbonyl (C=O) groups is 1. The fraction of sp³-hybridized carbons (Fsp3) is 0.385. The molecule has 2 heterocycles. The lowest BCUT2D eigenvalue weighted by molar-refractivity contribution is -0.123. The van der Waals surface area contributed by atoms with E-state index in [1.807, 2.05) is 32.9 Å². The fourth-order valence-corrected chi connectivity index (χ4v) is 1.98. The number of amides is 1. The Balaban J connectivity index is 2.27. The molecule has 2 aromatic heterocycles. The van der Waals surface area contributed by atoms with Gasteiger partial charge in [-0.05, 0) is 45.1 Å². The normalized spacial score (nSPS) is 11.3. The van der Waals surface area contributed by atoms with Crippen LogP contribution in [0.15, 0.2) is 24.5 Å². The maximum atomic E-state index is 12.0. The highest BCUT2D eigenvalue weighted by Crippen LogP contribution is 2.15. The smallest absolute Gasteiger partial charge is 0.240 e. The molecule has 0 spiro atoms. The van der Waals surface area contributed by atoms with Gasteiger partial charge in [0.2, 0.25) is 5.91 Å². The number of H-pyrrole nitrogens is 1. The second-order valence-electron chi connectivity index (χ2n) is 5.48. The van der Waals surface area contributed by atoms with Crippen molar-refractivity contribution in [2.45, 2.75) is 32.9 Å². The van der Waals surface area contributed by atoms with Crippen LogP contribution in [0, 0.1) is 4.77 Å². The number of carbonyl (C=O) groups excluding carboxylic acids is 1. The third-order valence-electron chi connectivity index (χ3n) is 2.49. The van der Waals surface area contributed by atoms with Crippen molar-refractivity contribution in [3.8, 4) is 11.4 Å². The van der Waals surface area contributed by atoms with Crippen LogP contribution in [0.3, 0.4) is 0 Å². The molecule has 0 atom stereocenters. The van der Waals surface area contributed by atoms with Crippen molar-refractivity contribution in [2.75, 3.05) is 0 Å². The molecule has 0 aromatic carbocycles. The van der Waals surface area contributed by atoms with Crippen molar-refractivity contribution in [3.63, 3.8) is 0 Å². The van der Waals surface area contributed by atoms with Crippen molar-refractivity contribution in [3.05, 3.63) is 29.3 Å². The quantitative estimate of drug-likeness (QED) is 0.847. The predicted octanol–water partition coefficient (Wildman–Crippen LogP) is 1.92. The summed E-state index contributed by atoms with van der Waals surface area (Å²) < 4.78 is 2.07. The lowest BCUT2D eigenvalue weighted by Gasteiger charge is -2.20. The van der Waals surface area contributed by atoms with E-state index < -0.39 is 0 Å². The maximum Gasteiger partial charge on any atom is 0.240 e. The van der Waals surface area contributed by atoms with E-state index in [4.69, 9.17) is 12.2 Å². The molecular formula is C13H17N5OS. The van der Waals surface area contributed by atoms with E-state index in [0.29, 0.717) is 10.6 Å². The second kappa shape index (κ2) is 5.54. The van der Waals surface area contributed by atoms with Gasteiger partial charge < -0.3 is 5.32 Å². The van der Waals surface area contributed by atoms with Crippen molar-refractivity contribution >= 4 is 18.1 Å². The van der Waals surface area contributed by atoms with Gasteiger partial charge in [-0.15, -0.1) is 0 Å². The van der Waals surface area contributed by atoms with Crippen LogP contribution in [0.1, 0.15) is 20.8 Å². The van der Waals surface area contributed by atoms with Gasteiger partial charge in [-0.2, -0.15) is 5.10 Å². The lowest BCUT2D eigenvalue weighted by Crippen LogP contribution is -2.42. The molecule has 7 heteroatoms. The van der Waals surface area contributed by atoms with Gasteiger partial charge in [0, 0.05) is 23.5 Å². The minimum Gasteiger partial charge on any atom is -0.350 e. The molecule has 2 N–H and O–H groups in total. The number of hydrogen-bond acceptors (Lipinski definition) is 4. The van der Waals surface area contributed by atoms with Gasteiger partial charge in [-0.3, -0.25) is 19.4 Å². The molecule has 1 amide bonds. The van der Waals surface area contributed by atoms with Crippen LogP contribution < -0.4 is 5.32 Å². The van der Waals surface area contributed by atoms with E-state index in [-0.39, 0.29) is 18.0 Å². The zero-order valence-electron chi connectivity index (χ0n) is 11.7. The van der Waals surface area contributed by atoms with Gasteiger partial charge >= 0.3 is 0 Å². The summed E-state index contributed by atoms with van der Waals surface area (Å²) >= 11 is 5.18. The topological polar surface area (TPSA) is 75.6 Å². The van der Waals surface area contributed by atoms with E-state index in [9.17, 15) is 4.79 Å². The Morgan fingerprint density at radius 1 is 1.50 bits per heavy atom. The van der Waals surface area contributed by atoms with Gasteiger partial charge in [0.15, 0.2) is 10.6 Å². The minimum atomic E-state index is -0.280. The summed E-state index contributed by atoms with van der Waals surface area (Å²) in [5, 5.41) is 9.77. The Bertz CT molecular complexity index is 653. The molecule has 0 aliphatic heterocycles. The first kappa shape index (κ1) is 14.4. The van der Waals surface area contributed by atoms with Crippen LogP contribution in [-0.2, 0) is 11.3 Å². The second-order valence-corrected chi connectivity index (χ2v) is 5.87. The summed E-state index contributed by atoms with van der Waals surface area (Å²) in [5.41, 5.74) is 0.528. The van der Waals surface area contributed by atoms with Gasteiger partial charge in [0.05, 0.1) is 0 Å². The van der Waals surface area contributed by atoms with E-state index in [1.54, 1.807) is 17.0 Å². The first-order valence-corrected chi connectivity index (χ1v) is 6.64. The molecule has 0 saturated carbocycles. The summed E-state index contributed by atoms with van der Waals surface area (Å²) in [7, 11) is 0. The molecule has 0 saturated heterocycles. The van der Waals surface area contributed by atoms with Gasteiger partial charge in [-0.25, -0.2) is 0 Å². The molecule has 20 heavy (non-hydrogen) atoms. The third-order valence-corrected chi connectivity index (χ3v) is 2.81. The molecule has 0 aliphatic carbocycles. The van der Waals surface area contributed by atoms with Crippen molar-refractivity contribution in [1.82, 2.24) is 25.1 Å². The van der Waals surface area contributed by atoms with Gasteiger partial charge in [0.1, 0.15) is 6.54 Å². The van der Waals surface area contributed by atoms with Crippen LogP contribution in [0.4, 0.5) is 0 Å². The van der Waals surface area contributed by atoms with Crippen molar-refractivity contribution in [1.29, 1.82) is 0 Å². The number of nitrogens with zero attached hydrogens (tertiary/aromatic N) is 3. The number of aromatic nitrogens is 4. The van der Waals surface area contributed by atoms with Crippen LogP contribution in [-0.4, -0.2) is 31.2 Å². The zero-order chi connectivity index (χ0) is 14.8. The number of rotatable bonds is 3. The summed E-state index contributed by atoms with van der Waals surface area (Å²) in [6, 6.07) is 3.68. The fourth-order valence-electron chi connectivity index (χ4n) is 1.78. The highest BCUT2D eigenvalue weighted by Gasteiger charge is 2.17. The van der Waals surface area contributed by atoms with Crippen LogP contribution in [0.5, 0.6) is 0 Å². The summed E-state index contributed by atoms with van der Waals surface area (Å²) in [4.78, 5) is 16.1. The molecular weight excluding hydrogens is 274 g/mol. The van der Waals surface area contributed by atoms with E-state index in [2.05, 4.69) is 20.5 Å². The number of nitrogens with one attached hydrogen (secondary N) is 2.